The molecule has 0 saturated carbocycles. The molecular formula is C10H7Cl2FN4O. The summed E-state index contributed by atoms with van der Waals surface area (Å²) in [5.41, 5.74) is 0.170. The predicted octanol–water partition coefficient (Wildman–Crippen LogP) is 3.07. The first-order valence-electron chi connectivity index (χ1n) is 4.76. The van der Waals surface area contributed by atoms with Gasteiger partial charge in [-0.3, -0.25) is 0 Å². The van der Waals surface area contributed by atoms with E-state index < -0.39 is 5.82 Å². The van der Waals surface area contributed by atoms with Crippen LogP contribution < -0.4 is 10.1 Å². The van der Waals surface area contributed by atoms with Crippen LogP contribution in [0.15, 0.2) is 18.2 Å². The molecule has 1 aromatic carbocycles. The number of halogens is 3. The zero-order chi connectivity index (χ0) is 13.1. The van der Waals surface area contributed by atoms with Crippen LogP contribution in [0.25, 0.3) is 0 Å². The molecule has 0 aliphatic carbocycles. The van der Waals surface area contributed by atoms with E-state index in [2.05, 4.69) is 20.3 Å². The van der Waals surface area contributed by atoms with Gasteiger partial charge < -0.3 is 10.1 Å². The van der Waals surface area contributed by atoms with Crippen LogP contribution in [0.1, 0.15) is 0 Å². The summed E-state index contributed by atoms with van der Waals surface area (Å²) in [7, 11) is 1.39. The van der Waals surface area contributed by atoms with Gasteiger partial charge in [0.05, 0.1) is 12.8 Å². The van der Waals surface area contributed by atoms with E-state index in [1.165, 1.54) is 25.3 Å². The molecule has 94 valence electrons. The van der Waals surface area contributed by atoms with Gasteiger partial charge in [-0.2, -0.15) is 15.0 Å². The predicted molar refractivity (Wildman–Crippen MR) is 66.1 cm³/mol. The number of anilines is 2. The first-order chi connectivity index (χ1) is 8.58. The highest BCUT2D eigenvalue weighted by Crippen LogP contribution is 2.22. The molecule has 18 heavy (non-hydrogen) atoms. The monoisotopic (exact) mass is 288 g/mol. The maximum Gasteiger partial charge on any atom is 0.322 e. The largest absolute Gasteiger partial charge is 0.467 e. The molecule has 0 spiro atoms. The van der Waals surface area contributed by atoms with Crippen LogP contribution in [0.5, 0.6) is 6.01 Å². The van der Waals surface area contributed by atoms with E-state index >= 15 is 0 Å². The van der Waals surface area contributed by atoms with Crippen LogP contribution in [-0.4, -0.2) is 22.1 Å². The van der Waals surface area contributed by atoms with E-state index in [9.17, 15) is 4.39 Å². The Morgan fingerprint density at radius 3 is 2.67 bits per heavy atom. The molecule has 0 fully saturated rings. The summed E-state index contributed by atoms with van der Waals surface area (Å²) in [5, 5.41) is 2.89. The number of hydrogen-bond donors (Lipinski definition) is 1. The zero-order valence-electron chi connectivity index (χ0n) is 9.12. The van der Waals surface area contributed by atoms with Crippen molar-refractivity contribution in [2.75, 3.05) is 12.4 Å². The Hall–Kier alpha value is -1.66. The summed E-state index contributed by atoms with van der Waals surface area (Å²) in [6.45, 7) is 0. The number of hydrogen-bond acceptors (Lipinski definition) is 5. The average Bonchev–Trinajstić information content (AvgIpc) is 2.32. The van der Waals surface area contributed by atoms with Crippen LogP contribution in [0.3, 0.4) is 0 Å². The third-order valence-corrected chi connectivity index (χ3v) is 2.35. The Morgan fingerprint density at radius 1 is 1.22 bits per heavy atom. The molecule has 2 aromatic rings. The lowest BCUT2D eigenvalue weighted by atomic mass is 10.3. The smallest absolute Gasteiger partial charge is 0.322 e. The van der Waals surface area contributed by atoms with Crippen molar-refractivity contribution < 1.29 is 9.13 Å². The number of aromatic nitrogens is 3. The molecule has 1 aromatic heterocycles. The fourth-order valence-electron chi connectivity index (χ4n) is 1.19. The van der Waals surface area contributed by atoms with Crippen molar-refractivity contribution in [3.8, 4) is 6.01 Å². The van der Waals surface area contributed by atoms with E-state index in [-0.39, 0.29) is 22.9 Å². The van der Waals surface area contributed by atoms with Crippen molar-refractivity contribution in [2.24, 2.45) is 0 Å². The lowest BCUT2D eigenvalue weighted by molar-refractivity contribution is 0.379. The van der Waals surface area contributed by atoms with Crippen LogP contribution in [0.4, 0.5) is 16.0 Å². The molecule has 1 N–H and O–H groups in total. The second-order valence-corrected chi connectivity index (χ2v) is 3.94. The number of rotatable bonds is 3. The van der Waals surface area contributed by atoms with E-state index in [0.717, 1.165) is 0 Å². The Morgan fingerprint density at radius 2 is 2.00 bits per heavy atom. The normalized spacial score (nSPS) is 10.2. The van der Waals surface area contributed by atoms with Crippen LogP contribution in [-0.2, 0) is 0 Å². The van der Waals surface area contributed by atoms with Crippen LogP contribution in [0, 0.1) is 5.82 Å². The molecule has 0 aliphatic heterocycles. The Labute approximate surface area is 112 Å². The molecule has 0 aliphatic rings. The van der Waals surface area contributed by atoms with Crippen molar-refractivity contribution in [1.82, 2.24) is 15.0 Å². The minimum absolute atomic E-state index is 0.0341. The molecule has 8 heteroatoms. The van der Waals surface area contributed by atoms with Crippen molar-refractivity contribution >= 4 is 34.8 Å². The van der Waals surface area contributed by atoms with Gasteiger partial charge in [-0.1, -0.05) is 11.6 Å². The molecule has 5 nitrogen and oxygen atoms in total. The first-order valence-corrected chi connectivity index (χ1v) is 5.51. The van der Waals surface area contributed by atoms with Gasteiger partial charge in [0.25, 0.3) is 0 Å². The topological polar surface area (TPSA) is 59.9 Å². The Kier molecular flexibility index (Phi) is 3.78. The molecule has 0 radical (unpaired) electrons. The van der Waals surface area contributed by atoms with Crippen LogP contribution >= 0.6 is 23.2 Å². The molecule has 0 atom stereocenters. The highest BCUT2D eigenvalue weighted by Gasteiger charge is 2.08. The van der Waals surface area contributed by atoms with E-state index in [1.54, 1.807) is 0 Å². The van der Waals surface area contributed by atoms with Crippen molar-refractivity contribution in [3.05, 3.63) is 34.3 Å². The molecular weight excluding hydrogens is 282 g/mol. The summed E-state index contributed by atoms with van der Waals surface area (Å²) in [5.74, 6) is -0.453. The number of nitrogens with one attached hydrogen (secondary N) is 1. The van der Waals surface area contributed by atoms with Gasteiger partial charge in [0, 0.05) is 5.02 Å². The summed E-state index contributed by atoms with van der Waals surface area (Å²) in [6.07, 6.45) is 0. The highest BCUT2D eigenvalue weighted by molar-refractivity contribution is 6.30. The second kappa shape index (κ2) is 5.32. The number of benzene rings is 1. The van der Waals surface area contributed by atoms with E-state index in [1.807, 2.05) is 0 Å². The third kappa shape index (κ3) is 2.96. The third-order valence-electron chi connectivity index (χ3n) is 1.95. The fraction of sp³-hybridized carbons (Fsp3) is 0.100. The standard InChI is InChI=1S/C10H7Cl2FN4O/c1-18-10-16-8(12)15-9(17-10)14-7-3-2-5(11)4-6(7)13/h2-4H,1H3,(H,14,15,16,17). The SMILES string of the molecule is COc1nc(Cl)nc(Nc2ccc(Cl)cc2F)n1. The number of methoxy groups -OCH3 is 1. The minimum Gasteiger partial charge on any atom is -0.467 e. The first kappa shape index (κ1) is 12.8. The minimum atomic E-state index is -0.530. The molecule has 1 heterocycles. The van der Waals surface area contributed by atoms with Gasteiger partial charge in [-0.15, -0.1) is 0 Å². The maximum absolute atomic E-state index is 13.5. The van der Waals surface area contributed by atoms with Crippen LogP contribution in [0.2, 0.25) is 10.3 Å². The summed E-state index contributed by atoms with van der Waals surface area (Å²) in [6, 6.07) is 4.20. The Bertz CT molecular complexity index is 582. The lowest BCUT2D eigenvalue weighted by Crippen LogP contribution is -2.02. The maximum atomic E-state index is 13.5. The van der Waals surface area contributed by atoms with E-state index in [0.29, 0.717) is 5.02 Å². The van der Waals surface area contributed by atoms with Gasteiger partial charge in [-0.05, 0) is 29.8 Å². The van der Waals surface area contributed by atoms with Crippen molar-refractivity contribution in [2.45, 2.75) is 0 Å². The highest BCUT2D eigenvalue weighted by atomic mass is 35.5. The van der Waals surface area contributed by atoms with Gasteiger partial charge in [-0.25, -0.2) is 4.39 Å². The van der Waals surface area contributed by atoms with Crippen molar-refractivity contribution in [3.63, 3.8) is 0 Å². The zero-order valence-corrected chi connectivity index (χ0v) is 10.6. The lowest BCUT2D eigenvalue weighted by Gasteiger charge is -2.07. The molecule has 0 bridgehead atoms. The number of nitrogens with zero attached hydrogens (tertiary/aromatic N) is 3. The number of ether oxygens (including phenoxy) is 1. The summed E-state index contributed by atoms with van der Waals surface area (Å²) in [4.78, 5) is 11.4. The molecule has 2 rings (SSSR count). The second-order valence-electron chi connectivity index (χ2n) is 3.16. The van der Waals surface area contributed by atoms with Gasteiger partial charge in [0.2, 0.25) is 11.2 Å². The average molecular weight is 289 g/mol. The summed E-state index contributed by atoms with van der Waals surface area (Å²) < 4.78 is 18.4. The Balaban J connectivity index is 2.30. The van der Waals surface area contributed by atoms with Crippen molar-refractivity contribution in [1.29, 1.82) is 0 Å². The molecule has 0 unspecified atom stereocenters. The van der Waals surface area contributed by atoms with Gasteiger partial charge in [0.15, 0.2) is 0 Å². The van der Waals surface area contributed by atoms with Gasteiger partial charge >= 0.3 is 6.01 Å². The fourth-order valence-corrected chi connectivity index (χ4v) is 1.50. The molecule has 0 saturated heterocycles. The quantitative estimate of drug-likeness (QED) is 0.941. The molecule has 0 amide bonds. The summed E-state index contributed by atoms with van der Waals surface area (Å²) >= 11 is 11.3. The van der Waals surface area contributed by atoms with E-state index in [4.69, 9.17) is 27.9 Å². The van der Waals surface area contributed by atoms with Gasteiger partial charge in [0.1, 0.15) is 5.82 Å².